The van der Waals surface area contributed by atoms with Crippen molar-refractivity contribution < 1.29 is 0 Å². The van der Waals surface area contributed by atoms with Crippen LogP contribution < -0.4 is 5.73 Å². The van der Waals surface area contributed by atoms with Gasteiger partial charge in [-0.3, -0.25) is 0 Å². The maximum absolute atomic E-state index is 6.46. The van der Waals surface area contributed by atoms with Crippen LogP contribution in [0.2, 0.25) is 0 Å². The van der Waals surface area contributed by atoms with Gasteiger partial charge < -0.3 is 5.73 Å². The summed E-state index contributed by atoms with van der Waals surface area (Å²) in [5, 5.41) is 0. The van der Waals surface area contributed by atoms with Gasteiger partial charge >= 0.3 is 0 Å². The van der Waals surface area contributed by atoms with E-state index < -0.39 is 0 Å². The Morgan fingerprint density at radius 3 is 2.06 bits per heavy atom. The average molecular weight is 231 g/mol. The minimum Gasteiger partial charge on any atom is -0.321 e. The SMILES string of the molecule is CC(C)(C)Cc1ccc(C2(N)CCCC2)cc1. The molecule has 0 atom stereocenters. The molecule has 0 aliphatic heterocycles. The molecule has 1 aromatic rings. The number of hydrogen-bond donors (Lipinski definition) is 1. The summed E-state index contributed by atoms with van der Waals surface area (Å²) in [6.07, 6.45) is 5.97. The summed E-state index contributed by atoms with van der Waals surface area (Å²) in [6, 6.07) is 9.00. The third-order valence-electron chi connectivity index (χ3n) is 3.76. The van der Waals surface area contributed by atoms with Gasteiger partial charge in [0.1, 0.15) is 0 Å². The smallest absolute Gasteiger partial charge is 0.0409 e. The maximum atomic E-state index is 6.46. The molecule has 94 valence electrons. The van der Waals surface area contributed by atoms with Gasteiger partial charge in [-0.25, -0.2) is 0 Å². The third-order valence-corrected chi connectivity index (χ3v) is 3.76. The lowest BCUT2D eigenvalue weighted by atomic mass is 9.85. The van der Waals surface area contributed by atoms with Crippen molar-refractivity contribution in [1.82, 2.24) is 0 Å². The standard InChI is InChI=1S/C16H25N/c1-15(2,3)12-13-6-8-14(9-7-13)16(17)10-4-5-11-16/h6-9H,4-5,10-12,17H2,1-3H3. The third kappa shape index (κ3) is 3.10. The molecule has 1 aromatic carbocycles. The summed E-state index contributed by atoms with van der Waals surface area (Å²) < 4.78 is 0. The van der Waals surface area contributed by atoms with Gasteiger partial charge in [0.05, 0.1) is 0 Å². The molecular formula is C16H25N. The van der Waals surface area contributed by atoms with Gasteiger partial charge in [-0.15, -0.1) is 0 Å². The van der Waals surface area contributed by atoms with Crippen LogP contribution in [-0.4, -0.2) is 0 Å². The van der Waals surface area contributed by atoms with Gasteiger partial charge in [0.2, 0.25) is 0 Å². The molecule has 0 saturated heterocycles. The van der Waals surface area contributed by atoms with Crippen molar-refractivity contribution >= 4 is 0 Å². The van der Waals surface area contributed by atoms with Crippen molar-refractivity contribution in [2.24, 2.45) is 11.1 Å². The highest BCUT2D eigenvalue weighted by Crippen LogP contribution is 2.36. The van der Waals surface area contributed by atoms with Gasteiger partial charge in [-0.05, 0) is 35.8 Å². The lowest BCUT2D eigenvalue weighted by Crippen LogP contribution is -2.32. The Kier molecular flexibility index (Phi) is 3.31. The summed E-state index contributed by atoms with van der Waals surface area (Å²) >= 11 is 0. The van der Waals surface area contributed by atoms with Crippen LogP contribution in [0, 0.1) is 5.41 Å². The fourth-order valence-electron chi connectivity index (χ4n) is 2.86. The van der Waals surface area contributed by atoms with Crippen LogP contribution in [0.5, 0.6) is 0 Å². The Bertz CT molecular complexity index is 364. The molecule has 0 unspecified atom stereocenters. The molecule has 0 amide bonds. The van der Waals surface area contributed by atoms with E-state index in [1.165, 1.54) is 24.0 Å². The Morgan fingerprint density at radius 2 is 1.59 bits per heavy atom. The van der Waals surface area contributed by atoms with E-state index in [2.05, 4.69) is 45.0 Å². The Morgan fingerprint density at radius 1 is 1.06 bits per heavy atom. The number of hydrogen-bond acceptors (Lipinski definition) is 1. The molecule has 1 aliphatic carbocycles. The van der Waals surface area contributed by atoms with Gasteiger partial charge in [0.25, 0.3) is 0 Å². The maximum Gasteiger partial charge on any atom is 0.0409 e. The van der Waals surface area contributed by atoms with Crippen molar-refractivity contribution in [3.63, 3.8) is 0 Å². The average Bonchev–Trinajstić information content (AvgIpc) is 2.65. The van der Waals surface area contributed by atoms with E-state index >= 15 is 0 Å². The second kappa shape index (κ2) is 4.45. The Balaban J connectivity index is 2.13. The first kappa shape index (κ1) is 12.6. The van der Waals surface area contributed by atoms with Crippen molar-refractivity contribution in [3.05, 3.63) is 35.4 Å². The summed E-state index contributed by atoms with van der Waals surface area (Å²) in [7, 11) is 0. The van der Waals surface area contributed by atoms with E-state index in [4.69, 9.17) is 5.73 Å². The quantitative estimate of drug-likeness (QED) is 0.818. The predicted octanol–water partition coefficient (Wildman–Crippen LogP) is 4.00. The van der Waals surface area contributed by atoms with Crippen LogP contribution in [0.3, 0.4) is 0 Å². The molecule has 2 N–H and O–H groups in total. The van der Waals surface area contributed by atoms with E-state index in [-0.39, 0.29) is 5.54 Å². The van der Waals surface area contributed by atoms with E-state index in [1.54, 1.807) is 0 Å². The lowest BCUT2D eigenvalue weighted by molar-refractivity contribution is 0.411. The second-order valence-corrected chi connectivity index (χ2v) is 6.80. The molecule has 1 saturated carbocycles. The molecule has 1 heteroatoms. The van der Waals surface area contributed by atoms with Crippen LogP contribution in [0.15, 0.2) is 24.3 Å². The molecular weight excluding hydrogens is 206 g/mol. The number of benzene rings is 1. The topological polar surface area (TPSA) is 26.0 Å². The molecule has 1 nitrogen and oxygen atoms in total. The monoisotopic (exact) mass is 231 g/mol. The van der Waals surface area contributed by atoms with Crippen molar-refractivity contribution in [2.75, 3.05) is 0 Å². The van der Waals surface area contributed by atoms with E-state index in [9.17, 15) is 0 Å². The van der Waals surface area contributed by atoms with Gasteiger partial charge in [0.15, 0.2) is 0 Å². The second-order valence-electron chi connectivity index (χ2n) is 6.80. The van der Waals surface area contributed by atoms with Crippen LogP contribution in [0.4, 0.5) is 0 Å². The highest BCUT2D eigenvalue weighted by Gasteiger charge is 2.30. The van der Waals surface area contributed by atoms with Gasteiger partial charge in [-0.2, -0.15) is 0 Å². The molecule has 2 rings (SSSR count). The number of rotatable bonds is 2. The first-order valence-corrected chi connectivity index (χ1v) is 6.77. The molecule has 0 heterocycles. The van der Waals surface area contributed by atoms with E-state index in [1.807, 2.05) is 0 Å². The van der Waals surface area contributed by atoms with Crippen molar-refractivity contribution in [2.45, 2.75) is 58.4 Å². The highest BCUT2D eigenvalue weighted by molar-refractivity contribution is 5.29. The minimum atomic E-state index is -0.0414. The Labute approximate surface area is 105 Å². The summed E-state index contributed by atoms with van der Waals surface area (Å²) in [6.45, 7) is 6.84. The largest absolute Gasteiger partial charge is 0.321 e. The minimum absolute atomic E-state index is 0.0414. The zero-order chi connectivity index (χ0) is 12.5. The van der Waals surface area contributed by atoms with Gasteiger partial charge in [0, 0.05) is 5.54 Å². The molecule has 0 radical (unpaired) electrons. The zero-order valence-electron chi connectivity index (χ0n) is 11.4. The fourth-order valence-corrected chi connectivity index (χ4v) is 2.86. The fraction of sp³-hybridized carbons (Fsp3) is 0.625. The summed E-state index contributed by atoms with van der Waals surface area (Å²) in [4.78, 5) is 0. The first-order chi connectivity index (χ1) is 7.89. The molecule has 1 aliphatic rings. The van der Waals surface area contributed by atoms with E-state index in [0.717, 1.165) is 19.3 Å². The summed E-state index contributed by atoms with van der Waals surface area (Å²) in [5.41, 5.74) is 9.52. The molecule has 0 aromatic heterocycles. The van der Waals surface area contributed by atoms with E-state index in [0.29, 0.717) is 5.41 Å². The number of nitrogens with two attached hydrogens (primary N) is 1. The summed E-state index contributed by atoms with van der Waals surface area (Å²) in [5.74, 6) is 0. The van der Waals surface area contributed by atoms with Crippen LogP contribution in [0.25, 0.3) is 0 Å². The van der Waals surface area contributed by atoms with Crippen LogP contribution >= 0.6 is 0 Å². The Hall–Kier alpha value is -0.820. The predicted molar refractivity (Wildman–Crippen MR) is 73.9 cm³/mol. The molecule has 0 spiro atoms. The normalized spacial score (nSPS) is 19.5. The van der Waals surface area contributed by atoms with Crippen LogP contribution in [-0.2, 0) is 12.0 Å². The van der Waals surface area contributed by atoms with Gasteiger partial charge in [-0.1, -0.05) is 57.9 Å². The first-order valence-electron chi connectivity index (χ1n) is 6.77. The van der Waals surface area contributed by atoms with Crippen LogP contribution in [0.1, 0.15) is 57.6 Å². The van der Waals surface area contributed by atoms with Crippen molar-refractivity contribution in [1.29, 1.82) is 0 Å². The molecule has 0 bridgehead atoms. The highest BCUT2D eigenvalue weighted by atomic mass is 14.8. The zero-order valence-corrected chi connectivity index (χ0v) is 11.4. The lowest BCUT2D eigenvalue weighted by Gasteiger charge is -2.25. The van der Waals surface area contributed by atoms with Crippen molar-refractivity contribution in [3.8, 4) is 0 Å². The molecule has 1 fully saturated rings. The molecule has 17 heavy (non-hydrogen) atoms.